The van der Waals surface area contributed by atoms with E-state index in [4.69, 9.17) is 0 Å². The summed E-state index contributed by atoms with van der Waals surface area (Å²) >= 11 is 1.10. The summed E-state index contributed by atoms with van der Waals surface area (Å²) in [6.07, 6.45) is 9.02. The number of aliphatic hydroxyl groups is 1. The van der Waals surface area contributed by atoms with Crippen LogP contribution in [0.25, 0.3) is 0 Å². The topological polar surface area (TPSA) is 145 Å². The van der Waals surface area contributed by atoms with Crippen LogP contribution in [0.15, 0.2) is 26.0 Å². The van der Waals surface area contributed by atoms with Gasteiger partial charge < -0.3 is 15.3 Å². The molecule has 0 aromatic carbocycles. The average Bonchev–Trinajstić information content (AvgIpc) is 3.52. The fourth-order valence-corrected chi connectivity index (χ4v) is 10.7. The van der Waals surface area contributed by atoms with Gasteiger partial charge in [-0.2, -0.15) is 8.42 Å². The molecule has 1 amide bonds. The van der Waals surface area contributed by atoms with Crippen LogP contribution in [0.5, 0.6) is 0 Å². The zero-order chi connectivity index (χ0) is 26.3. The van der Waals surface area contributed by atoms with E-state index in [1.807, 2.05) is 4.90 Å². The number of nitrogens with zero attached hydrogens (tertiary/aromatic N) is 2. The highest BCUT2D eigenvalue weighted by Crippen LogP contribution is 2.62. The number of sulfonamides is 2. The number of rotatable bonds is 5. The van der Waals surface area contributed by atoms with Crippen LogP contribution in [0.2, 0.25) is 0 Å². The van der Waals surface area contributed by atoms with E-state index in [1.165, 1.54) is 0 Å². The molecule has 3 aliphatic carbocycles. The van der Waals surface area contributed by atoms with Crippen molar-refractivity contribution < 1.29 is 26.7 Å². The first kappa shape index (κ1) is 25.3. The lowest BCUT2D eigenvalue weighted by molar-refractivity contribution is -0.146. The largest absolute Gasteiger partial charge is 0.511 e. The Hall–Kier alpha value is -1.96. The Morgan fingerprint density at radius 3 is 2.68 bits per heavy atom. The minimum atomic E-state index is -4.25. The maximum Gasteiger partial charge on any atom is 0.287 e. The molecule has 13 heteroatoms. The van der Waals surface area contributed by atoms with Gasteiger partial charge in [0.25, 0.3) is 15.9 Å². The monoisotopic (exact) mass is 568 g/mol. The Kier molecular flexibility index (Phi) is 5.83. The summed E-state index contributed by atoms with van der Waals surface area (Å²) in [4.78, 5) is 16.1. The highest BCUT2D eigenvalue weighted by molar-refractivity contribution is 7.91. The van der Waals surface area contributed by atoms with Gasteiger partial charge in [-0.25, -0.2) is 13.1 Å². The molecule has 3 fully saturated rings. The average molecular weight is 569 g/mol. The number of carbonyl (C=O) groups excluding carboxylic acids is 1. The number of thiophene rings is 1. The summed E-state index contributed by atoms with van der Waals surface area (Å²) in [6, 6.07) is 0.0583. The molecule has 10 nitrogen and oxygen atoms in total. The molecule has 0 unspecified atom stereocenters. The van der Waals surface area contributed by atoms with Crippen molar-refractivity contribution in [3.63, 3.8) is 0 Å². The van der Waals surface area contributed by atoms with Crippen molar-refractivity contribution in [1.29, 1.82) is 0 Å². The first-order chi connectivity index (χ1) is 17.4. The van der Waals surface area contributed by atoms with Crippen LogP contribution >= 0.6 is 11.3 Å². The van der Waals surface area contributed by atoms with Crippen molar-refractivity contribution in [2.75, 3.05) is 11.6 Å². The number of nitrogens with one attached hydrogen (secondary N) is 2. The van der Waals surface area contributed by atoms with E-state index in [1.54, 1.807) is 5.38 Å². The van der Waals surface area contributed by atoms with Crippen LogP contribution in [0, 0.1) is 17.8 Å². The third-order valence-corrected chi connectivity index (χ3v) is 12.3. The van der Waals surface area contributed by atoms with Gasteiger partial charge in [0.05, 0.1) is 11.8 Å². The zero-order valence-electron chi connectivity index (χ0n) is 20.9. The van der Waals surface area contributed by atoms with E-state index < -0.39 is 25.6 Å². The van der Waals surface area contributed by atoms with Crippen molar-refractivity contribution in [1.82, 2.24) is 9.62 Å². The first-order valence-electron chi connectivity index (χ1n) is 12.9. The van der Waals surface area contributed by atoms with Gasteiger partial charge in [0.1, 0.15) is 21.2 Å². The quantitative estimate of drug-likeness (QED) is 0.495. The van der Waals surface area contributed by atoms with Crippen LogP contribution in [0.4, 0.5) is 5.00 Å². The lowest BCUT2D eigenvalue weighted by Crippen LogP contribution is -2.65. The minimum absolute atomic E-state index is 0.0426. The number of anilines is 1. The predicted molar refractivity (Wildman–Crippen MR) is 140 cm³/mol. The zero-order valence-corrected chi connectivity index (χ0v) is 23.3. The standard InChI is InChI=1S/C24H32N4O6S3/c1-24-15-9-8-13(10-15)18(24)19(29)17(23(30)28(24)16-6-4-3-5-7-16)21-26-22-20(37(33,34)27-21)14(12-35-22)11-25-36(2,31)32/h12-13,15-16,18,25,29H,3-11H2,1-2H3,(H,26,27)/t13-,15+,18-,24-/m0/s1. The molecule has 2 aliphatic heterocycles. The number of carbonyl (C=O) groups is 1. The molecule has 0 spiro atoms. The van der Waals surface area contributed by atoms with E-state index in [0.29, 0.717) is 5.92 Å². The molecular formula is C24H32N4O6S3. The van der Waals surface area contributed by atoms with E-state index in [2.05, 4.69) is 21.4 Å². The number of amidine groups is 1. The molecule has 0 radical (unpaired) electrons. The number of hydrogen-bond donors (Lipinski definition) is 3. The number of fused-ring (bicyclic) bond motifs is 6. The van der Waals surface area contributed by atoms with Crippen LogP contribution in [-0.2, 0) is 31.4 Å². The van der Waals surface area contributed by atoms with Gasteiger partial charge in [0.2, 0.25) is 10.0 Å². The van der Waals surface area contributed by atoms with Crippen LogP contribution in [0.3, 0.4) is 0 Å². The highest BCUT2D eigenvalue weighted by Gasteiger charge is 2.65. The number of amides is 1. The van der Waals surface area contributed by atoms with Gasteiger partial charge in [-0.3, -0.25) is 4.79 Å². The van der Waals surface area contributed by atoms with E-state index in [0.717, 1.165) is 69.0 Å². The Balaban J connectivity index is 1.43. The molecule has 6 rings (SSSR count). The van der Waals surface area contributed by atoms with Crippen molar-refractivity contribution in [3.05, 3.63) is 22.3 Å². The Labute approximate surface area is 221 Å². The molecule has 3 heterocycles. The van der Waals surface area contributed by atoms with Crippen molar-refractivity contribution in [3.8, 4) is 0 Å². The third kappa shape index (κ3) is 3.87. The van der Waals surface area contributed by atoms with E-state index in [9.17, 15) is 26.7 Å². The molecule has 37 heavy (non-hydrogen) atoms. The summed E-state index contributed by atoms with van der Waals surface area (Å²) < 4.78 is 56.0. The molecule has 202 valence electrons. The lowest BCUT2D eigenvalue weighted by Gasteiger charge is -2.55. The van der Waals surface area contributed by atoms with Crippen molar-refractivity contribution in [2.24, 2.45) is 22.2 Å². The molecule has 1 aromatic heterocycles. The summed E-state index contributed by atoms with van der Waals surface area (Å²) in [6.45, 7) is 1.93. The normalized spacial score (nSPS) is 33.2. The van der Waals surface area contributed by atoms with Gasteiger partial charge in [-0.05, 0) is 56.2 Å². The fraction of sp³-hybridized carbons (Fsp3) is 0.667. The van der Waals surface area contributed by atoms with Gasteiger partial charge in [-0.1, -0.05) is 19.3 Å². The maximum absolute atomic E-state index is 14.2. The van der Waals surface area contributed by atoms with Crippen molar-refractivity contribution >= 4 is 48.1 Å². The summed E-state index contributed by atoms with van der Waals surface area (Å²) in [5.74, 6) is -0.229. The highest BCUT2D eigenvalue weighted by atomic mass is 32.2. The number of hydrogen-bond acceptors (Lipinski definition) is 8. The molecular weight excluding hydrogens is 536 g/mol. The van der Waals surface area contributed by atoms with Gasteiger partial charge >= 0.3 is 0 Å². The first-order valence-corrected chi connectivity index (χ1v) is 17.1. The Morgan fingerprint density at radius 1 is 1.24 bits per heavy atom. The molecule has 1 aromatic rings. The second kappa shape index (κ2) is 8.52. The maximum atomic E-state index is 14.2. The third-order valence-electron chi connectivity index (χ3n) is 9.12. The SMILES string of the molecule is C[C@]12[C@@H]3CC[C@@H](C3)[C@H]1C(O)=C(C1=NS(=O)(=O)c3c(CNS(C)(=O)=O)csc3N1)C(=O)N2C1CCCCC1. The van der Waals surface area contributed by atoms with E-state index >= 15 is 0 Å². The fourth-order valence-electron chi connectivity index (χ4n) is 7.64. The van der Waals surface area contributed by atoms with Gasteiger partial charge in [0.15, 0.2) is 5.84 Å². The second-order valence-electron chi connectivity index (χ2n) is 11.3. The molecule has 5 aliphatic rings. The number of aliphatic hydroxyl groups excluding tert-OH is 1. The Morgan fingerprint density at radius 2 is 1.97 bits per heavy atom. The molecule has 4 atom stereocenters. The second-order valence-corrected chi connectivity index (χ2v) is 15.5. The molecule has 0 saturated heterocycles. The minimum Gasteiger partial charge on any atom is -0.511 e. The van der Waals surface area contributed by atoms with Crippen LogP contribution in [-0.4, -0.2) is 56.4 Å². The van der Waals surface area contributed by atoms with E-state index in [-0.39, 0.29) is 63.0 Å². The lowest BCUT2D eigenvalue weighted by atomic mass is 9.67. The molecule has 3 saturated carbocycles. The molecule has 3 N–H and O–H groups in total. The molecule has 2 bridgehead atoms. The van der Waals surface area contributed by atoms with Gasteiger partial charge in [-0.15, -0.1) is 15.7 Å². The van der Waals surface area contributed by atoms with Crippen molar-refractivity contribution in [2.45, 2.75) is 81.3 Å². The summed E-state index contributed by atoms with van der Waals surface area (Å²) in [5.41, 5.74) is -0.250. The van der Waals surface area contributed by atoms with Crippen LogP contribution < -0.4 is 10.0 Å². The summed E-state index contributed by atoms with van der Waals surface area (Å²) in [5, 5.41) is 16.4. The van der Waals surface area contributed by atoms with Gasteiger partial charge in [0, 0.05) is 24.1 Å². The predicted octanol–water partition coefficient (Wildman–Crippen LogP) is 3.10. The Bertz CT molecular complexity index is 1440. The summed E-state index contributed by atoms with van der Waals surface area (Å²) in [7, 11) is -7.78. The van der Waals surface area contributed by atoms with Crippen LogP contribution in [0.1, 0.15) is 63.9 Å². The smallest absolute Gasteiger partial charge is 0.287 e.